The van der Waals surface area contributed by atoms with Crippen molar-refractivity contribution in [3.63, 3.8) is 0 Å². The van der Waals surface area contributed by atoms with Crippen LogP contribution in [0.1, 0.15) is 58.3 Å². The van der Waals surface area contributed by atoms with Crippen LogP contribution >= 0.6 is 11.3 Å². The molecule has 13 heteroatoms. The molecular formula is C26H29N7O4S2. The maximum absolute atomic E-state index is 13.7. The van der Waals surface area contributed by atoms with Gasteiger partial charge in [-0.25, -0.2) is 18.4 Å². The van der Waals surface area contributed by atoms with E-state index in [4.69, 9.17) is 10.2 Å². The SMILES string of the molecule is Cc1csc([C@H]2CCCN2C(=O)c2cc(NS(C)(=O)=O)nc(-c3nnc([C@@](C)(N)Cc4ccccc4)o3)c2)n1. The first-order valence-electron chi connectivity index (χ1n) is 12.4. The smallest absolute Gasteiger partial charge is 0.266 e. The number of nitrogens with one attached hydrogen (secondary N) is 1. The summed E-state index contributed by atoms with van der Waals surface area (Å²) >= 11 is 1.53. The first-order valence-corrected chi connectivity index (χ1v) is 15.2. The first-order chi connectivity index (χ1) is 18.5. The summed E-state index contributed by atoms with van der Waals surface area (Å²) in [5, 5.41) is 11.1. The van der Waals surface area contributed by atoms with Gasteiger partial charge in [0.25, 0.3) is 11.8 Å². The fraction of sp³-hybridized carbons (Fsp3) is 0.346. The van der Waals surface area contributed by atoms with Crippen molar-refractivity contribution in [2.24, 2.45) is 5.73 Å². The largest absolute Gasteiger partial charge is 0.417 e. The van der Waals surface area contributed by atoms with E-state index in [0.717, 1.165) is 35.4 Å². The van der Waals surface area contributed by atoms with E-state index < -0.39 is 15.6 Å². The highest BCUT2D eigenvalue weighted by Gasteiger charge is 2.34. The number of sulfonamides is 1. The molecule has 1 amide bonds. The lowest BCUT2D eigenvalue weighted by Crippen LogP contribution is -2.35. The van der Waals surface area contributed by atoms with Crippen molar-refractivity contribution < 1.29 is 17.6 Å². The maximum atomic E-state index is 13.7. The lowest BCUT2D eigenvalue weighted by molar-refractivity contribution is 0.0735. The van der Waals surface area contributed by atoms with Crippen molar-refractivity contribution in [2.45, 2.75) is 44.7 Å². The van der Waals surface area contributed by atoms with Crippen LogP contribution in [0.2, 0.25) is 0 Å². The Hall–Kier alpha value is -3.68. The van der Waals surface area contributed by atoms with Crippen molar-refractivity contribution in [3.8, 4) is 11.6 Å². The Morgan fingerprint density at radius 2 is 2.00 bits per heavy atom. The van der Waals surface area contributed by atoms with Crippen molar-refractivity contribution in [2.75, 3.05) is 17.5 Å². The number of nitrogens with zero attached hydrogens (tertiary/aromatic N) is 5. The summed E-state index contributed by atoms with van der Waals surface area (Å²) in [6.45, 7) is 4.27. The quantitative estimate of drug-likeness (QED) is 0.324. The summed E-state index contributed by atoms with van der Waals surface area (Å²) in [5.41, 5.74) is 7.87. The van der Waals surface area contributed by atoms with Gasteiger partial charge in [0.1, 0.15) is 16.5 Å². The second-order valence-electron chi connectivity index (χ2n) is 9.98. The summed E-state index contributed by atoms with van der Waals surface area (Å²) in [6, 6.07) is 12.5. The Labute approximate surface area is 230 Å². The minimum Gasteiger partial charge on any atom is -0.417 e. The van der Waals surface area contributed by atoms with Gasteiger partial charge in [-0.2, -0.15) is 0 Å². The Morgan fingerprint density at radius 3 is 2.69 bits per heavy atom. The van der Waals surface area contributed by atoms with E-state index in [9.17, 15) is 13.2 Å². The fourth-order valence-corrected chi connectivity index (χ4v) is 6.04. The molecule has 39 heavy (non-hydrogen) atoms. The highest BCUT2D eigenvalue weighted by molar-refractivity contribution is 7.92. The van der Waals surface area contributed by atoms with E-state index in [1.165, 1.54) is 23.5 Å². The Kier molecular flexibility index (Phi) is 7.23. The molecule has 5 rings (SSSR count). The molecule has 1 fully saturated rings. The molecule has 204 valence electrons. The number of amides is 1. The molecule has 0 aliphatic carbocycles. The molecule has 3 N–H and O–H groups in total. The fourth-order valence-electron chi connectivity index (χ4n) is 4.62. The Morgan fingerprint density at radius 1 is 1.23 bits per heavy atom. The number of benzene rings is 1. The summed E-state index contributed by atoms with van der Waals surface area (Å²) in [7, 11) is -3.67. The third kappa shape index (κ3) is 6.15. The van der Waals surface area contributed by atoms with Crippen LogP contribution in [0.15, 0.2) is 52.3 Å². The normalized spacial score (nSPS) is 17.2. The molecule has 3 aromatic heterocycles. The number of hydrogen-bond donors (Lipinski definition) is 2. The molecule has 11 nitrogen and oxygen atoms in total. The number of aromatic nitrogens is 4. The molecule has 0 saturated carbocycles. The highest BCUT2D eigenvalue weighted by atomic mass is 32.2. The average Bonchev–Trinajstić information content (AvgIpc) is 3.63. The van der Waals surface area contributed by atoms with Crippen LogP contribution in [0.5, 0.6) is 0 Å². The van der Waals surface area contributed by atoms with Crippen LogP contribution in [0.25, 0.3) is 11.6 Å². The molecule has 4 aromatic rings. The van der Waals surface area contributed by atoms with Gasteiger partial charge in [0.05, 0.1) is 17.8 Å². The topological polar surface area (TPSA) is 157 Å². The maximum Gasteiger partial charge on any atom is 0.266 e. The van der Waals surface area contributed by atoms with Crippen LogP contribution in [0, 0.1) is 6.92 Å². The molecule has 2 atom stereocenters. The third-order valence-electron chi connectivity index (χ3n) is 6.34. The van der Waals surface area contributed by atoms with E-state index in [1.54, 1.807) is 11.8 Å². The zero-order valence-electron chi connectivity index (χ0n) is 21.8. The monoisotopic (exact) mass is 567 g/mol. The van der Waals surface area contributed by atoms with Crippen LogP contribution in [0.4, 0.5) is 5.82 Å². The lowest BCUT2D eigenvalue weighted by atomic mass is 9.94. The minimum absolute atomic E-state index is 0.0226. The predicted octanol–water partition coefficient (Wildman–Crippen LogP) is 3.66. The zero-order valence-corrected chi connectivity index (χ0v) is 23.4. The van der Waals surface area contributed by atoms with E-state index in [2.05, 4.69) is 24.9 Å². The number of nitrogens with two attached hydrogens (primary N) is 1. The van der Waals surface area contributed by atoms with Crippen LogP contribution in [-0.2, 0) is 22.0 Å². The number of carbonyl (C=O) groups excluding carboxylic acids is 1. The lowest BCUT2D eigenvalue weighted by Gasteiger charge is -2.23. The van der Waals surface area contributed by atoms with E-state index >= 15 is 0 Å². The number of pyridine rings is 1. The van der Waals surface area contributed by atoms with Crippen molar-refractivity contribution in [1.82, 2.24) is 25.1 Å². The molecule has 0 spiro atoms. The Balaban J connectivity index is 1.48. The standard InChI is InChI=1S/C26H29N7O4S2/c1-16-15-38-23(28-16)20-10-7-11-33(20)24(34)18-12-19(29-21(13-18)32-39(3,35)36)22-30-31-25(37-22)26(2,27)14-17-8-5-4-6-9-17/h4-6,8-9,12-13,15,20H,7,10-11,14,27H2,1-3H3,(H,29,32)/t20-,26+/m1/s1. The first kappa shape index (κ1) is 26.9. The van der Waals surface area contributed by atoms with Gasteiger partial charge in [0.15, 0.2) is 0 Å². The second kappa shape index (κ2) is 10.5. The predicted molar refractivity (Wildman–Crippen MR) is 148 cm³/mol. The van der Waals surface area contributed by atoms with Gasteiger partial charge in [0, 0.05) is 23.2 Å². The Bertz CT molecular complexity index is 1600. The molecule has 0 radical (unpaired) electrons. The molecule has 0 bridgehead atoms. The highest BCUT2D eigenvalue weighted by Crippen LogP contribution is 2.35. The van der Waals surface area contributed by atoms with Crippen molar-refractivity contribution >= 4 is 33.1 Å². The van der Waals surface area contributed by atoms with E-state index in [0.29, 0.717) is 13.0 Å². The molecule has 1 aliphatic rings. The zero-order chi connectivity index (χ0) is 27.8. The second-order valence-corrected chi connectivity index (χ2v) is 12.6. The average molecular weight is 568 g/mol. The van der Waals surface area contributed by atoms with Crippen LogP contribution < -0.4 is 10.5 Å². The van der Waals surface area contributed by atoms with Crippen molar-refractivity contribution in [1.29, 1.82) is 0 Å². The minimum atomic E-state index is -3.67. The number of hydrogen-bond acceptors (Lipinski definition) is 10. The van der Waals surface area contributed by atoms with Crippen LogP contribution in [0.3, 0.4) is 0 Å². The number of carbonyl (C=O) groups is 1. The van der Waals surface area contributed by atoms with E-state index in [1.807, 2.05) is 42.6 Å². The van der Waals surface area contributed by atoms with Gasteiger partial charge in [0.2, 0.25) is 15.9 Å². The van der Waals surface area contributed by atoms with Gasteiger partial charge in [-0.1, -0.05) is 30.3 Å². The van der Waals surface area contributed by atoms with Gasteiger partial charge < -0.3 is 15.1 Å². The van der Waals surface area contributed by atoms with Gasteiger partial charge in [-0.3, -0.25) is 9.52 Å². The number of rotatable bonds is 8. The van der Waals surface area contributed by atoms with Gasteiger partial charge >= 0.3 is 0 Å². The third-order valence-corrected chi connectivity index (χ3v) is 7.99. The molecule has 1 aliphatic heterocycles. The van der Waals surface area contributed by atoms with E-state index in [-0.39, 0.29) is 40.8 Å². The number of thiazole rings is 1. The van der Waals surface area contributed by atoms with Crippen molar-refractivity contribution in [3.05, 3.63) is 75.6 Å². The number of likely N-dealkylation sites (tertiary alicyclic amines) is 1. The molecular weight excluding hydrogens is 538 g/mol. The molecule has 0 unspecified atom stereocenters. The summed E-state index contributed by atoms with van der Waals surface area (Å²) in [5.74, 6) is -0.0810. The number of aryl methyl sites for hydroxylation is 1. The summed E-state index contributed by atoms with van der Waals surface area (Å²) < 4.78 is 32.3. The van der Waals surface area contributed by atoms with Gasteiger partial charge in [-0.05, 0) is 50.8 Å². The molecule has 1 aromatic carbocycles. The van der Waals surface area contributed by atoms with Crippen LogP contribution in [-0.4, -0.2) is 52.2 Å². The number of anilines is 1. The van der Waals surface area contributed by atoms with Gasteiger partial charge in [-0.15, -0.1) is 21.5 Å². The summed E-state index contributed by atoms with van der Waals surface area (Å²) in [6.07, 6.45) is 3.10. The summed E-state index contributed by atoms with van der Waals surface area (Å²) in [4.78, 5) is 24.4. The molecule has 1 saturated heterocycles. The molecule has 4 heterocycles.